The van der Waals surface area contributed by atoms with Gasteiger partial charge in [0.15, 0.2) is 0 Å². The van der Waals surface area contributed by atoms with Gasteiger partial charge in [0, 0.05) is 0 Å². The van der Waals surface area contributed by atoms with Gasteiger partial charge in [0.1, 0.15) is 0 Å². The Kier molecular flexibility index (Phi) is 14.7. The lowest BCUT2D eigenvalue weighted by atomic mass is 9.91. The molecule has 0 spiro atoms. The molecule has 150 valence electrons. The average molecular weight is 367 g/mol. The fourth-order valence-electron chi connectivity index (χ4n) is 3.04. The third kappa shape index (κ3) is 13.7. The average Bonchev–Trinajstić information content (AvgIpc) is 2.57. The van der Waals surface area contributed by atoms with Crippen molar-refractivity contribution < 1.29 is 19.8 Å². The standard InChI is InChI=1S/C22H38O4/c1-4-5-6-7-10-14-19(21(23)24)16-12-17-20(22(25)26)15-11-8-9-13-18(2)3/h8-9,13,19-20H,4-7,10-12,14-17H2,1-3H3,(H,23,24)(H,25,26). The molecule has 0 bridgehead atoms. The SMILES string of the molecule is CCCCCCCC(CCCC(CCC=CC=C(C)C)C(=O)O)C(=O)O. The summed E-state index contributed by atoms with van der Waals surface area (Å²) in [5, 5.41) is 18.7. The number of carboxylic acids is 2. The van der Waals surface area contributed by atoms with E-state index in [9.17, 15) is 19.8 Å². The normalized spacial score (nSPS) is 13.5. The molecule has 0 aliphatic carbocycles. The van der Waals surface area contributed by atoms with Crippen molar-refractivity contribution >= 4 is 11.9 Å². The second-order valence-corrected chi connectivity index (χ2v) is 7.45. The van der Waals surface area contributed by atoms with Gasteiger partial charge in [-0.15, -0.1) is 0 Å². The Morgan fingerprint density at radius 1 is 0.808 bits per heavy atom. The summed E-state index contributed by atoms with van der Waals surface area (Å²) in [6.07, 6.45) is 15.4. The molecule has 2 N–H and O–H groups in total. The van der Waals surface area contributed by atoms with E-state index in [1.807, 2.05) is 32.1 Å². The Labute approximate surface area is 159 Å². The lowest BCUT2D eigenvalue weighted by molar-refractivity contribution is -0.142. The summed E-state index contributed by atoms with van der Waals surface area (Å²) in [7, 11) is 0. The van der Waals surface area contributed by atoms with E-state index in [1.54, 1.807) is 0 Å². The van der Waals surface area contributed by atoms with E-state index in [4.69, 9.17) is 0 Å². The van der Waals surface area contributed by atoms with Gasteiger partial charge in [-0.25, -0.2) is 0 Å². The Morgan fingerprint density at radius 2 is 1.35 bits per heavy atom. The molecule has 0 aromatic carbocycles. The number of carboxylic acid groups (broad SMARTS) is 2. The molecule has 0 rings (SSSR count). The first-order chi connectivity index (χ1) is 12.4. The molecule has 4 heteroatoms. The Morgan fingerprint density at radius 3 is 1.88 bits per heavy atom. The lowest BCUT2D eigenvalue weighted by Gasteiger charge is -2.15. The number of hydrogen-bond donors (Lipinski definition) is 2. The first-order valence-electron chi connectivity index (χ1n) is 10.1. The van der Waals surface area contributed by atoms with Crippen LogP contribution in [-0.4, -0.2) is 22.2 Å². The van der Waals surface area contributed by atoms with Crippen molar-refractivity contribution in [1.29, 1.82) is 0 Å². The summed E-state index contributed by atoms with van der Waals surface area (Å²) in [5.74, 6) is -2.22. The number of aliphatic carboxylic acids is 2. The molecule has 0 aliphatic heterocycles. The topological polar surface area (TPSA) is 74.6 Å². The van der Waals surface area contributed by atoms with Crippen LogP contribution in [0, 0.1) is 11.8 Å². The second-order valence-electron chi connectivity index (χ2n) is 7.45. The molecular weight excluding hydrogens is 328 g/mol. The third-order valence-electron chi connectivity index (χ3n) is 4.71. The van der Waals surface area contributed by atoms with Gasteiger partial charge in [0.05, 0.1) is 11.8 Å². The van der Waals surface area contributed by atoms with E-state index in [0.717, 1.165) is 19.3 Å². The van der Waals surface area contributed by atoms with Crippen molar-refractivity contribution in [2.45, 2.75) is 91.4 Å². The highest BCUT2D eigenvalue weighted by Gasteiger charge is 2.20. The van der Waals surface area contributed by atoms with Gasteiger partial charge in [0.2, 0.25) is 0 Å². The maximum atomic E-state index is 11.4. The number of unbranched alkanes of at least 4 members (excludes halogenated alkanes) is 4. The van der Waals surface area contributed by atoms with Crippen molar-refractivity contribution in [2.75, 3.05) is 0 Å². The fraction of sp³-hybridized carbons (Fsp3) is 0.727. The summed E-state index contributed by atoms with van der Waals surface area (Å²) < 4.78 is 0. The fourth-order valence-corrected chi connectivity index (χ4v) is 3.04. The molecule has 0 aliphatic rings. The predicted octanol–water partition coefficient (Wildman–Crippen LogP) is 6.22. The van der Waals surface area contributed by atoms with Gasteiger partial charge in [-0.3, -0.25) is 9.59 Å². The third-order valence-corrected chi connectivity index (χ3v) is 4.71. The van der Waals surface area contributed by atoms with E-state index in [-0.39, 0.29) is 11.8 Å². The first-order valence-corrected chi connectivity index (χ1v) is 10.1. The van der Waals surface area contributed by atoms with Crippen molar-refractivity contribution in [3.05, 3.63) is 23.8 Å². The number of rotatable bonds is 16. The van der Waals surface area contributed by atoms with Gasteiger partial charge in [0.25, 0.3) is 0 Å². The number of carbonyl (C=O) groups is 2. The van der Waals surface area contributed by atoms with Gasteiger partial charge in [-0.05, 0) is 46.0 Å². The maximum absolute atomic E-state index is 11.4. The summed E-state index contributed by atoms with van der Waals surface area (Å²) in [5.41, 5.74) is 1.21. The summed E-state index contributed by atoms with van der Waals surface area (Å²) >= 11 is 0. The monoisotopic (exact) mass is 366 g/mol. The molecule has 4 nitrogen and oxygen atoms in total. The summed E-state index contributed by atoms with van der Waals surface area (Å²) in [4.78, 5) is 22.8. The zero-order chi connectivity index (χ0) is 19.8. The molecule has 0 amide bonds. The number of allylic oxidation sites excluding steroid dienone is 4. The molecule has 0 heterocycles. The quantitative estimate of drug-likeness (QED) is 0.251. The molecule has 26 heavy (non-hydrogen) atoms. The molecule has 0 saturated heterocycles. The largest absolute Gasteiger partial charge is 0.481 e. The highest BCUT2D eigenvalue weighted by atomic mass is 16.4. The van der Waals surface area contributed by atoms with E-state index in [0.29, 0.717) is 32.1 Å². The van der Waals surface area contributed by atoms with Crippen LogP contribution in [0.5, 0.6) is 0 Å². The highest BCUT2D eigenvalue weighted by molar-refractivity contribution is 5.70. The summed E-state index contributed by atoms with van der Waals surface area (Å²) in [6.45, 7) is 6.20. The molecular formula is C22H38O4. The van der Waals surface area contributed by atoms with Crippen molar-refractivity contribution in [3.63, 3.8) is 0 Å². The zero-order valence-electron chi connectivity index (χ0n) is 16.9. The van der Waals surface area contributed by atoms with Crippen molar-refractivity contribution in [2.24, 2.45) is 11.8 Å². The van der Waals surface area contributed by atoms with Gasteiger partial charge < -0.3 is 10.2 Å². The van der Waals surface area contributed by atoms with Crippen LogP contribution in [-0.2, 0) is 9.59 Å². The van der Waals surface area contributed by atoms with Crippen LogP contribution in [0.1, 0.15) is 91.4 Å². The van der Waals surface area contributed by atoms with E-state index in [1.165, 1.54) is 24.8 Å². The van der Waals surface area contributed by atoms with E-state index in [2.05, 4.69) is 6.92 Å². The molecule has 0 radical (unpaired) electrons. The Balaban J connectivity index is 4.19. The van der Waals surface area contributed by atoms with Gasteiger partial charge in [-0.2, -0.15) is 0 Å². The molecule has 0 fully saturated rings. The van der Waals surface area contributed by atoms with E-state index < -0.39 is 11.9 Å². The van der Waals surface area contributed by atoms with Gasteiger partial charge in [-0.1, -0.05) is 69.2 Å². The van der Waals surface area contributed by atoms with Crippen LogP contribution < -0.4 is 0 Å². The van der Waals surface area contributed by atoms with Crippen LogP contribution in [0.3, 0.4) is 0 Å². The van der Waals surface area contributed by atoms with E-state index >= 15 is 0 Å². The minimum Gasteiger partial charge on any atom is -0.481 e. The van der Waals surface area contributed by atoms with Crippen LogP contribution in [0.15, 0.2) is 23.8 Å². The molecule has 2 unspecified atom stereocenters. The molecule has 0 saturated carbocycles. The van der Waals surface area contributed by atoms with Gasteiger partial charge >= 0.3 is 11.9 Å². The zero-order valence-corrected chi connectivity index (χ0v) is 16.9. The van der Waals surface area contributed by atoms with Crippen LogP contribution in [0.25, 0.3) is 0 Å². The number of hydrogen-bond acceptors (Lipinski definition) is 2. The molecule has 0 aromatic rings. The Hall–Kier alpha value is -1.58. The minimum atomic E-state index is -0.771. The first kappa shape index (κ1) is 24.4. The summed E-state index contributed by atoms with van der Waals surface area (Å²) in [6, 6.07) is 0. The molecule has 2 atom stereocenters. The lowest BCUT2D eigenvalue weighted by Crippen LogP contribution is -2.17. The highest BCUT2D eigenvalue weighted by Crippen LogP contribution is 2.22. The maximum Gasteiger partial charge on any atom is 0.306 e. The molecule has 0 aromatic heterocycles. The van der Waals surface area contributed by atoms with Crippen molar-refractivity contribution in [3.8, 4) is 0 Å². The second kappa shape index (κ2) is 15.7. The predicted molar refractivity (Wildman–Crippen MR) is 107 cm³/mol. The smallest absolute Gasteiger partial charge is 0.306 e. The van der Waals surface area contributed by atoms with Crippen molar-refractivity contribution in [1.82, 2.24) is 0 Å². The van der Waals surface area contributed by atoms with Crippen LogP contribution in [0.4, 0.5) is 0 Å². The minimum absolute atomic E-state index is 0.330. The Bertz CT molecular complexity index is 447. The van der Waals surface area contributed by atoms with Crippen LogP contribution in [0.2, 0.25) is 0 Å². The van der Waals surface area contributed by atoms with Crippen LogP contribution >= 0.6 is 0 Å².